The molecule has 1 unspecified atom stereocenters. The highest BCUT2D eigenvalue weighted by Crippen LogP contribution is 2.08. The van der Waals surface area contributed by atoms with Crippen LogP contribution in [0.4, 0.5) is 11.8 Å². The van der Waals surface area contributed by atoms with Crippen LogP contribution >= 0.6 is 0 Å². The Kier molecular flexibility index (Phi) is 4.87. The summed E-state index contributed by atoms with van der Waals surface area (Å²) in [4.78, 5) is 8.20. The van der Waals surface area contributed by atoms with Gasteiger partial charge < -0.3 is 11.1 Å². The van der Waals surface area contributed by atoms with Gasteiger partial charge in [0.2, 0.25) is 5.95 Å². The standard InChI is InChI=1S/C11H20N4/c1-3-4-5-6-9(2)14-11-13-8-7-10(12)15-11/h7-9H,3-6H2,1-2H3,(H3,12,13,14,15). The Morgan fingerprint density at radius 3 is 2.93 bits per heavy atom. The molecule has 0 spiro atoms. The van der Waals surface area contributed by atoms with Crippen LogP contribution in [0.15, 0.2) is 12.3 Å². The van der Waals surface area contributed by atoms with Gasteiger partial charge in [0.1, 0.15) is 5.82 Å². The average molecular weight is 208 g/mol. The van der Waals surface area contributed by atoms with Crippen molar-refractivity contribution in [1.29, 1.82) is 0 Å². The molecule has 3 N–H and O–H groups in total. The van der Waals surface area contributed by atoms with E-state index in [0.29, 0.717) is 17.8 Å². The lowest BCUT2D eigenvalue weighted by atomic mass is 10.1. The number of anilines is 2. The van der Waals surface area contributed by atoms with Crippen LogP contribution in [-0.4, -0.2) is 16.0 Å². The molecule has 0 aliphatic heterocycles. The Bertz CT molecular complexity index is 288. The van der Waals surface area contributed by atoms with Crippen LogP contribution in [0, 0.1) is 0 Å². The molecule has 0 amide bonds. The maximum atomic E-state index is 5.56. The summed E-state index contributed by atoms with van der Waals surface area (Å²) in [6.45, 7) is 4.35. The lowest BCUT2D eigenvalue weighted by molar-refractivity contribution is 0.612. The fraction of sp³-hybridized carbons (Fsp3) is 0.636. The van der Waals surface area contributed by atoms with E-state index in [1.165, 1.54) is 19.3 Å². The van der Waals surface area contributed by atoms with Gasteiger partial charge in [0.15, 0.2) is 0 Å². The van der Waals surface area contributed by atoms with E-state index in [0.717, 1.165) is 6.42 Å². The van der Waals surface area contributed by atoms with Crippen molar-refractivity contribution in [2.75, 3.05) is 11.1 Å². The summed E-state index contributed by atoms with van der Waals surface area (Å²) in [5.41, 5.74) is 5.56. The van der Waals surface area contributed by atoms with Gasteiger partial charge in [-0.25, -0.2) is 4.98 Å². The Labute approximate surface area is 91.3 Å². The van der Waals surface area contributed by atoms with E-state index >= 15 is 0 Å². The number of nitrogens with zero attached hydrogens (tertiary/aromatic N) is 2. The molecule has 0 saturated heterocycles. The van der Waals surface area contributed by atoms with Gasteiger partial charge in [0, 0.05) is 12.2 Å². The van der Waals surface area contributed by atoms with E-state index < -0.39 is 0 Å². The largest absolute Gasteiger partial charge is 0.384 e. The van der Waals surface area contributed by atoms with Crippen molar-refractivity contribution in [3.8, 4) is 0 Å². The van der Waals surface area contributed by atoms with Gasteiger partial charge in [0.25, 0.3) is 0 Å². The fourth-order valence-corrected chi connectivity index (χ4v) is 1.44. The summed E-state index contributed by atoms with van der Waals surface area (Å²) in [5.74, 6) is 1.13. The average Bonchev–Trinajstić information content (AvgIpc) is 2.18. The summed E-state index contributed by atoms with van der Waals surface area (Å²) in [6, 6.07) is 2.09. The molecule has 0 saturated carbocycles. The van der Waals surface area contributed by atoms with E-state index in [1.54, 1.807) is 12.3 Å². The Morgan fingerprint density at radius 2 is 2.27 bits per heavy atom. The third-order valence-electron chi connectivity index (χ3n) is 2.29. The number of aromatic nitrogens is 2. The summed E-state index contributed by atoms with van der Waals surface area (Å²) in [7, 11) is 0. The molecular formula is C11H20N4. The van der Waals surface area contributed by atoms with Crippen LogP contribution in [-0.2, 0) is 0 Å². The molecule has 1 rings (SSSR count). The fourth-order valence-electron chi connectivity index (χ4n) is 1.44. The van der Waals surface area contributed by atoms with Gasteiger partial charge >= 0.3 is 0 Å². The van der Waals surface area contributed by atoms with Crippen molar-refractivity contribution in [1.82, 2.24) is 9.97 Å². The zero-order valence-electron chi connectivity index (χ0n) is 9.53. The quantitative estimate of drug-likeness (QED) is 0.705. The van der Waals surface area contributed by atoms with Crippen LogP contribution < -0.4 is 11.1 Å². The smallest absolute Gasteiger partial charge is 0.224 e. The van der Waals surface area contributed by atoms with E-state index in [2.05, 4.69) is 29.1 Å². The minimum absolute atomic E-state index is 0.401. The van der Waals surface area contributed by atoms with Gasteiger partial charge in [-0.2, -0.15) is 4.98 Å². The second-order valence-electron chi connectivity index (χ2n) is 3.85. The van der Waals surface area contributed by atoms with Crippen molar-refractivity contribution in [2.45, 2.75) is 45.6 Å². The first-order chi connectivity index (χ1) is 7.22. The van der Waals surface area contributed by atoms with E-state index in [1.807, 2.05) is 0 Å². The van der Waals surface area contributed by atoms with Crippen molar-refractivity contribution >= 4 is 11.8 Å². The Hall–Kier alpha value is -1.32. The number of unbranched alkanes of at least 4 members (excludes halogenated alkanes) is 2. The van der Waals surface area contributed by atoms with Crippen LogP contribution in [0.2, 0.25) is 0 Å². The first-order valence-electron chi connectivity index (χ1n) is 5.57. The highest BCUT2D eigenvalue weighted by molar-refractivity contribution is 5.35. The Morgan fingerprint density at radius 1 is 1.47 bits per heavy atom. The maximum Gasteiger partial charge on any atom is 0.224 e. The molecule has 1 atom stereocenters. The number of hydrogen-bond donors (Lipinski definition) is 2. The van der Waals surface area contributed by atoms with Crippen LogP contribution in [0.25, 0.3) is 0 Å². The summed E-state index contributed by atoms with van der Waals surface area (Å²) >= 11 is 0. The minimum atomic E-state index is 0.401. The third kappa shape index (κ3) is 4.63. The SMILES string of the molecule is CCCCCC(C)Nc1nccc(N)n1. The predicted molar refractivity (Wildman–Crippen MR) is 63.7 cm³/mol. The molecular weight excluding hydrogens is 188 g/mol. The molecule has 0 aromatic carbocycles. The van der Waals surface area contributed by atoms with Crippen molar-refractivity contribution in [3.05, 3.63) is 12.3 Å². The van der Waals surface area contributed by atoms with Gasteiger partial charge in [0.05, 0.1) is 0 Å². The van der Waals surface area contributed by atoms with E-state index in [4.69, 9.17) is 5.73 Å². The molecule has 0 bridgehead atoms. The predicted octanol–water partition coefficient (Wildman–Crippen LogP) is 2.44. The van der Waals surface area contributed by atoms with E-state index in [9.17, 15) is 0 Å². The topological polar surface area (TPSA) is 63.8 Å². The minimum Gasteiger partial charge on any atom is -0.384 e. The molecule has 4 heteroatoms. The van der Waals surface area contributed by atoms with E-state index in [-0.39, 0.29) is 0 Å². The summed E-state index contributed by atoms with van der Waals surface area (Å²) < 4.78 is 0. The number of rotatable bonds is 6. The molecule has 0 aliphatic rings. The van der Waals surface area contributed by atoms with Gasteiger partial charge in [-0.1, -0.05) is 26.2 Å². The zero-order valence-corrected chi connectivity index (χ0v) is 9.53. The second kappa shape index (κ2) is 6.22. The first-order valence-corrected chi connectivity index (χ1v) is 5.57. The monoisotopic (exact) mass is 208 g/mol. The number of nitrogens with two attached hydrogens (primary N) is 1. The number of nitrogen functional groups attached to an aromatic ring is 1. The summed E-state index contributed by atoms with van der Waals surface area (Å²) in [5, 5.41) is 3.24. The molecule has 15 heavy (non-hydrogen) atoms. The normalized spacial score (nSPS) is 12.4. The van der Waals surface area contributed by atoms with Gasteiger partial charge in [-0.05, 0) is 19.4 Å². The van der Waals surface area contributed by atoms with Crippen LogP contribution in [0.1, 0.15) is 39.5 Å². The van der Waals surface area contributed by atoms with Crippen LogP contribution in [0.3, 0.4) is 0 Å². The highest BCUT2D eigenvalue weighted by atomic mass is 15.1. The lowest BCUT2D eigenvalue weighted by Crippen LogP contribution is -2.17. The number of nitrogens with one attached hydrogen (secondary N) is 1. The van der Waals surface area contributed by atoms with Gasteiger partial charge in [-0.3, -0.25) is 0 Å². The highest BCUT2D eigenvalue weighted by Gasteiger charge is 2.03. The lowest BCUT2D eigenvalue weighted by Gasteiger charge is -2.13. The third-order valence-corrected chi connectivity index (χ3v) is 2.29. The van der Waals surface area contributed by atoms with Crippen LogP contribution in [0.5, 0.6) is 0 Å². The Balaban J connectivity index is 2.34. The number of hydrogen-bond acceptors (Lipinski definition) is 4. The maximum absolute atomic E-state index is 5.56. The molecule has 0 aliphatic carbocycles. The molecule has 1 heterocycles. The first kappa shape index (κ1) is 11.8. The summed E-state index contributed by atoms with van der Waals surface area (Å²) in [6.07, 6.45) is 6.59. The van der Waals surface area contributed by atoms with Crippen molar-refractivity contribution in [2.24, 2.45) is 0 Å². The molecule has 84 valence electrons. The molecule has 1 aromatic heterocycles. The second-order valence-corrected chi connectivity index (χ2v) is 3.85. The molecule has 0 radical (unpaired) electrons. The zero-order chi connectivity index (χ0) is 11.1. The van der Waals surface area contributed by atoms with Gasteiger partial charge in [-0.15, -0.1) is 0 Å². The van der Waals surface area contributed by atoms with Crippen molar-refractivity contribution < 1.29 is 0 Å². The molecule has 0 fully saturated rings. The van der Waals surface area contributed by atoms with Crippen molar-refractivity contribution in [3.63, 3.8) is 0 Å². The molecule has 1 aromatic rings. The molecule has 4 nitrogen and oxygen atoms in total.